The molecule has 2 heterocycles. The van der Waals surface area contributed by atoms with Crippen molar-refractivity contribution in [2.75, 3.05) is 37.7 Å². The monoisotopic (exact) mass is 453 g/mol. The number of rotatable bonds is 7. The number of ether oxygens (including phenoxy) is 1. The first-order valence-electron chi connectivity index (χ1n) is 11.2. The number of nitrogens with zero attached hydrogens (tertiary/aromatic N) is 3. The van der Waals surface area contributed by atoms with Crippen LogP contribution in [0.4, 0.5) is 14.7 Å². The van der Waals surface area contributed by atoms with Crippen molar-refractivity contribution in [2.45, 2.75) is 19.4 Å². The van der Waals surface area contributed by atoms with Gasteiger partial charge in [0.1, 0.15) is 17.3 Å². The molecule has 2 aromatic carbocycles. The van der Waals surface area contributed by atoms with Crippen molar-refractivity contribution in [3.63, 3.8) is 0 Å². The summed E-state index contributed by atoms with van der Waals surface area (Å²) in [4.78, 5) is 17.1. The lowest BCUT2D eigenvalue weighted by Crippen LogP contribution is -2.38. The van der Waals surface area contributed by atoms with Gasteiger partial charge in [-0.05, 0) is 55.2 Å². The maximum Gasteiger partial charge on any atom is 0.257 e. The molecule has 0 radical (unpaired) electrons. The first-order chi connectivity index (χ1) is 16.1. The van der Waals surface area contributed by atoms with Gasteiger partial charge in [0.05, 0.1) is 30.9 Å². The molecule has 3 aromatic rings. The zero-order valence-corrected chi connectivity index (χ0v) is 18.2. The molecule has 0 N–H and O–H groups in total. The Bertz CT molecular complexity index is 1120. The van der Waals surface area contributed by atoms with E-state index in [-0.39, 0.29) is 23.8 Å². The van der Waals surface area contributed by atoms with Gasteiger partial charge in [-0.1, -0.05) is 17.3 Å². The second-order valence-corrected chi connectivity index (χ2v) is 8.53. The number of carbonyl (C=O) groups excluding carboxylic acids is 1. The molecule has 8 heteroatoms. The Hall–Kier alpha value is -3.26. The number of morpholine rings is 1. The van der Waals surface area contributed by atoms with Gasteiger partial charge in [-0.2, -0.15) is 0 Å². The minimum absolute atomic E-state index is 0.0471. The maximum absolute atomic E-state index is 14.4. The largest absolute Gasteiger partial charge is 0.378 e. The highest BCUT2D eigenvalue weighted by atomic mass is 19.1. The third-order valence-corrected chi connectivity index (χ3v) is 6.10. The summed E-state index contributed by atoms with van der Waals surface area (Å²) in [5.74, 6) is -0.274. The number of anilines is 1. The van der Waals surface area contributed by atoms with E-state index in [1.807, 2.05) is 4.90 Å². The second kappa shape index (κ2) is 9.31. The van der Waals surface area contributed by atoms with Gasteiger partial charge in [0.2, 0.25) is 5.88 Å². The summed E-state index contributed by atoms with van der Waals surface area (Å²) in [6, 6.07) is 12.1. The van der Waals surface area contributed by atoms with Gasteiger partial charge >= 0.3 is 0 Å². The van der Waals surface area contributed by atoms with Crippen molar-refractivity contribution in [1.82, 2.24) is 10.1 Å². The first-order valence-corrected chi connectivity index (χ1v) is 11.2. The highest BCUT2D eigenvalue weighted by Gasteiger charge is 2.32. The normalized spacial score (nSPS) is 16.1. The number of aromatic nitrogens is 1. The van der Waals surface area contributed by atoms with Crippen molar-refractivity contribution < 1.29 is 22.8 Å². The molecule has 1 aliphatic heterocycles. The Balaban J connectivity index is 1.53. The fraction of sp³-hybridized carbons (Fsp3) is 0.360. The van der Waals surface area contributed by atoms with Crippen LogP contribution < -0.4 is 4.90 Å². The lowest BCUT2D eigenvalue weighted by molar-refractivity contribution is 0.0730. The molecule has 1 aromatic heterocycles. The van der Waals surface area contributed by atoms with Gasteiger partial charge in [-0.3, -0.25) is 4.79 Å². The first kappa shape index (κ1) is 21.6. The maximum atomic E-state index is 14.4. The van der Waals surface area contributed by atoms with Gasteiger partial charge < -0.3 is 19.1 Å². The molecule has 0 spiro atoms. The summed E-state index contributed by atoms with van der Waals surface area (Å²) in [6.45, 7) is 3.14. The van der Waals surface area contributed by atoms with Crippen LogP contribution >= 0.6 is 0 Å². The molecule has 33 heavy (non-hydrogen) atoms. The number of carbonyl (C=O) groups is 1. The number of hydrogen-bond acceptors (Lipinski definition) is 5. The highest BCUT2D eigenvalue weighted by Crippen LogP contribution is 2.36. The molecule has 0 bridgehead atoms. The molecular formula is C25H25F2N3O3. The van der Waals surface area contributed by atoms with Crippen LogP contribution in [0.3, 0.4) is 0 Å². The van der Waals surface area contributed by atoms with Crippen LogP contribution in [0.15, 0.2) is 53.1 Å². The Kier molecular flexibility index (Phi) is 6.09. The van der Waals surface area contributed by atoms with Gasteiger partial charge in [0.15, 0.2) is 0 Å². The molecular weight excluding hydrogens is 428 g/mol. The molecule has 1 saturated heterocycles. The van der Waals surface area contributed by atoms with Gasteiger partial charge in [-0.15, -0.1) is 0 Å². The molecule has 172 valence electrons. The van der Waals surface area contributed by atoms with Gasteiger partial charge in [0.25, 0.3) is 5.91 Å². The zero-order chi connectivity index (χ0) is 22.8. The number of amides is 1. The Morgan fingerprint density at radius 3 is 2.48 bits per heavy atom. The molecule has 5 rings (SSSR count). The molecule has 1 amide bonds. The van der Waals surface area contributed by atoms with E-state index in [9.17, 15) is 13.6 Å². The lowest BCUT2D eigenvalue weighted by Gasteiger charge is -2.28. The van der Waals surface area contributed by atoms with Crippen molar-refractivity contribution in [3.05, 3.63) is 71.3 Å². The van der Waals surface area contributed by atoms with Crippen LogP contribution in [0.5, 0.6) is 0 Å². The molecule has 2 fully saturated rings. The van der Waals surface area contributed by atoms with Crippen molar-refractivity contribution in [1.29, 1.82) is 0 Å². The molecule has 0 unspecified atom stereocenters. The second-order valence-electron chi connectivity index (χ2n) is 8.53. The van der Waals surface area contributed by atoms with E-state index in [4.69, 9.17) is 9.26 Å². The average molecular weight is 453 g/mol. The SMILES string of the molecule is O=C(c1ccccc1F)N(Cc1c(-c2ccc(F)cc2)noc1N1CCOCC1)CC1CC1. The minimum Gasteiger partial charge on any atom is -0.378 e. The number of benzene rings is 2. The van der Waals surface area contributed by atoms with Crippen LogP contribution in [0, 0.1) is 17.6 Å². The number of hydrogen-bond donors (Lipinski definition) is 0. The fourth-order valence-electron chi connectivity index (χ4n) is 4.12. The van der Waals surface area contributed by atoms with Crippen molar-refractivity contribution in [2.24, 2.45) is 5.92 Å². The molecule has 1 saturated carbocycles. The predicted octanol–water partition coefficient (Wildman–Crippen LogP) is 4.51. The Morgan fingerprint density at radius 2 is 1.79 bits per heavy atom. The quantitative estimate of drug-likeness (QED) is 0.527. The summed E-state index contributed by atoms with van der Waals surface area (Å²) in [5.41, 5.74) is 2.03. The van der Waals surface area contributed by atoms with Crippen LogP contribution in [-0.4, -0.2) is 48.8 Å². The molecule has 2 aliphatic rings. The summed E-state index contributed by atoms with van der Waals surface area (Å²) in [6.07, 6.45) is 2.09. The topological polar surface area (TPSA) is 58.8 Å². The molecule has 1 aliphatic carbocycles. The van der Waals surface area contributed by atoms with E-state index in [0.717, 1.165) is 18.4 Å². The van der Waals surface area contributed by atoms with Crippen LogP contribution in [-0.2, 0) is 11.3 Å². The summed E-state index contributed by atoms with van der Waals surface area (Å²) < 4.78 is 39.2. The zero-order valence-electron chi connectivity index (χ0n) is 18.2. The standard InChI is InChI=1S/C25H25F2N3O3/c26-19-9-7-18(8-10-19)23-21(25(33-28-23)29-11-13-32-14-12-29)16-30(15-17-5-6-17)24(31)20-3-1-2-4-22(20)27/h1-4,7-10,17H,5-6,11-16H2. The van der Waals surface area contributed by atoms with E-state index in [0.29, 0.717) is 55.9 Å². The Labute approximate surface area is 190 Å². The van der Waals surface area contributed by atoms with Gasteiger partial charge in [0, 0.05) is 25.2 Å². The predicted molar refractivity (Wildman–Crippen MR) is 119 cm³/mol. The van der Waals surface area contributed by atoms with Crippen molar-refractivity contribution >= 4 is 11.8 Å². The van der Waals surface area contributed by atoms with E-state index < -0.39 is 5.82 Å². The minimum atomic E-state index is -0.541. The summed E-state index contributed by atoms with van der Waals surface area (Å²) >= 11 is 0. The van der Waals surface area contributed by atoms with E-state index >= 15 is 0 Å². The number of halogens is 2. The third-order valence-electron chi connectivity index (χ3n) is 6.10. The Morgan fingerprint density at radius 1 is 1.06 bits per heavy atom. The fourth-order valence-corrected chi connectivity index (χ4v) is 4.12. The highest BCUT2D eigenvalue weighted by molar-refractivity contribution is 5.94. The van der Waals surface area contributed by atoms with E-state index in [1.54, 1.807) is 29.2 Å². The van der Waals surface area contributed by atoms with Crippen LogP contribution in [0.25, 0.3) is 11.3 Å². The smallest absolute Gasteiger partial charge is 0.257 e. The van der Waals surface area contributed by atoms with E-state index in [2.05, 4.69) is 5.16 Å². The summed E-state index contributed by atoms with van der Waals surface area (Å²) in [5, 5.41) is 4.30. The summed E-state index contributed by atoms with van der Waals surface area (Å²) in [7, 11) is 0. The van der Waals surface area contributed by atoms with Crippen LogP contribution in [0.2, 0.25) is 0 Å². The van der Waals surface area contributed by atoms with Gasteiger partial charge in [-0.25, -0.2) is 8.78 Å². The van der Waals surface area contributed by atoms with E-state index in [1.165, 1.54) is 24.3 Å². The van der Waals surface area contributed by atoms with Crippen LogP contribution in [0.1, 0.15) is 28.8 Å². The average Bonchev–Trinajstić information content (AvgIpc) is 3.57. The molecule has 0 atom stereocenters. The van der Waals surface area contributed by atoms with Crippen molar-refractivity contribution in [3.8, 4) is 11.3 Å². The molecule has 6 nitrogen and oxygen atoms in total. The third kappa shape index (κ3) is 4.75. The lowest BCUT2D eigenvalue weighted by atomic mass is 10.1.